The maximum Gasteiger partial charge on any atom is 0.156 e. The number of hydrogen-bond acceptors (Lipinski definition) is 4. The highest BCUT2D eigenvalue weighted by atomic mass is 32.2. The van der Waals surface area contributed by atoms with E-state index in [1.807, 2.05) is 0 Å². The van der Waals surface area contributed by atoms with Gasteiger partial charge in [0.1, 0.15) is 0 Å². The molecule has 1 unspecified atom stereocenters. The molecule has 1 N–H and O–H groups in total. The molecule has 1 rings (SSSR count). The van der Waals surface area contributed by atoms with Crippen molar-refractivity contribution >= 4 is 9.84 Å². The Balaban J connectivity index is 2.33. The normalized spacial score (nSPS) is 20.9. The van der Waals surface area contributed by atoms with Gasteiger partial charge in [-0.15, -0.1) is 0 Å². The summed E-state index contributed by atoms with van der Waals surface area (Å²) < 4.78 is 28.6. The molecule has 108 valence electrons. The molecule has 0 radical (unpaired) electrons. The van der Waals surface area contributed by atoms with Gasteiger partial charge in [0.15, 0.2) is 9.84 Å². The van der Waals surface area contributed by atoms with Crippen LogP contribution in [0.3, 0.4) is 0 Å². The summed E-state index contributed by atoms with van der Waals surface area (Å²) >= 11 is 0. The van der Waals surface area contributed by atoms with Crippen LogP contribution in [0.1, 0.15) is 40.5 Å². The zero-order valence-electron chi connectivity index (χ0n) is 12.0. The fourth-order valence-corrected chi connectivity index (χ4v) is 3.11. The zero-order chi connectivity index (χ0) is 13.8. The average molecular weight is 277 g/mol. The molecule has 0 aromatic rings. The third-order valence-corrected chi connectivity index (χ3v) is 6.35. The van der Waals surface area contributed by atoms with E-state index in [1.54, 1.807) is 20.8 Å². The summed E-state index contributed by atoms with van der Waals surface area (Å²) in [4.78, 5) is 0. The van der Waals surface area contributed by atoms with Crippen LogP contribution in [0.15, 0.2) is 0 Å². The molecule has 0 amide bonds. The lowest BCUT2D eigenvalue weighted by Crippen LogP contribution is -2.41. The minimum absolute atomic E-state index is 0.212. The van der Waals surface area contributed by atoms with Crippen LogP contribution in [0.25, 0.3) is 0 Å². The summed E-state index contributed by atoms with van der Waals surface area (Å²) in [5.74, 6) is 0.820. The van der Waals surface area contributed by atoms with Crippen LogP contribution in [0.5, 0.6) is 0 Å². The number of ether oxygens (including phenoxy) is 1. The monoisotopic (exact) mass is 277 g/mol. The Hall–Kier alpha value is -0.130. The molecule has 0 aromatic heterocycles. The molecule has 0 bridgehead atoms. The molecule has 4 nitrogen and oxygen atoms in total. The third kappa shape index (κ3) is 4.52. The summed E-state index contributed by atoms with van der Waals surface area (Å²) in [7, 11) is -3.01. The topological polar surface area (TPSA) is 55.4 Å². The van der Waals surface area contributed by atoms with Gasteiger partial charge in [-0.1, -0.05) is 0 Å². The summed E-state index contributed by atoms with van der Waals surface area (Å²) in [6.07, 6.45) is 2.14. The van der Waals surface area contributed by atoms with E-state index in [0.29, 0.717) is 18.5 Å². The predicted molar refractivity (Wildman–Crippen MR) is 74.5 cm³/mol. The van der Waals surface area contributed by atoms with Crippen LogP contribution >= 0.6 is 0 Å². The molecule has 1 heterocycles. The zero-order valence-corrected chi connectivity index (χ0v) is 12.8. The SMILES string of the molecule is CC(NCCS(=O)(=O)C(C)(C)C)C1CCOCC1. The maximum absolute atomic E-state index is 11.9. The quantitative estimate of drug-likeness (QED) is 0.829. The van der Waals surface area contributed by atoms with Crippen LogP contribution in [0.2, 0.25) is 0 Å². The first-order valence-electron chi connectivity index (χ1n) is 6.77. The van der Waals surface area contributed by atoms with E-state index in [0.717, 1.165) is 26.1 Å². The minimum atomic E-state index is -3.01. The first-order valence-corrected chi connectivity index (χ1v) is 8.43. The Morgan fingerprint density at radius 2 is 1.83 bits per heavy atom. The summed E-state index contributed by atoms with van der Waals surface area (Å²) in [5, 5.41) is 3.35. The second-order valence-corrected chi connectivity index (χ2v) is 8.99. The molecule has 0 aromatic carbocycles. The Labute approximate surface area is 111 Å². The second-order valence-electron chi connectivity index (χ2n) is 6.12. The summed E-state index contributed by atoms with van der Waals surface area (Å²) in [6.45, 7) is 9.60. The van der Waals surface area contributed by atoms with E-state index < -0.39 is 14.6 Å². The van der Waals surface area contributed by atoms with Crippen LogP contribution in [-0.4, -0.2) is 44.7 Å². The van der Waals surface area contributed by atoms with Crippen LogP contribution in [0.4, 0.5) is 0 Å². The smallest absolute Gasteiger partial charge is 0.156 e. The number of hydrogen-bond donors (Lipinski definition) is 1. The molecule has 18 heavy (non-hydrogen) atoms. The van der Waals surface area contributed by atoms with Gasteiger partial charge in [0.2, 0.25) is 0 Å². The Morgan fingerprint density at radius 3 is 2.33 bits per heavy atom. The lowest BCUT2D eigenvalue weighted by atomic mass is 9.93. The second kappa shape index (κ2) is 6.35. The Bertz CT molecular complexity index is 340. The first-order chi connectivity index (χ1) is 8.24. The molecule has 1 aliphatic heterocycles. The molecule has 1 saturated heterocycles. The first kappa shape index (κ1) is 15.9. The molecule has 1 fully saturated rings. The molecule has 5 heteroatoms. The van der Waals surface area contributed by atoms with Crippen molar-refractivity contribution in [3.05, 3.63) is 0 Å². The predicted octanol–water partition coefficient (Wildman–Crippen LogP) is 1.60. The average Bonchev–Trinajstić information content (AvgIpc) is 2.28. The van der Waals surface area contributed by atoms with Crippen molar-refractivity contribution in [2.75, 3.05) is 25.5 Å². The molecule has 1 aliphatic rings. The van der Waals surface area contributed by atoms with Gasteiger partial charge in [-0.25, -0.2) is 8.42 Å². The maximum atomic E-state index is 11.9. The van der Waals surface area contributed by atoms with E-state index in [9.17, 15) is 8.42 Å². The number of sulfone groups is 1. The van der Waals surface area contributed by atoms with E-state index >= 15 is 0 Å². The van der Waals surface area contributed by atoms with Gasteiger partial charge in [-0.2, -0.15) is 0 Å². The highest BCUT2D eigenvalue weighted by Crippen LogP contribution is 2.19. The van der Waals surface area contributed by atoms with E-state index in [2.05, 4.69) is 12.2 Å². The van der Waals surface area contributed by atoms with E-state index in [4.69, 9.17) is 4.74 Å². The van der Waals surface area contributed by atoms with Crippen LogP contribution in [0, 0.1) is 5.92 Å². The lowest BCUT2D eigenvalue weighted by Gasteiger charge is -2.29. The van der Waals surface area contributed by atoms with Gasteiger partial charge in [0.05, 0.1) is 10.5 Å². The van der Waals surface area contributed by atoms with Gasteiger partial charge in [0.25, 0.3) is 0 Å². The highest BCUT2D eigenvalue weighted by molar-refractivity contribution is 7.92. The number of rotatable bonds is 5. The standard InChI is InChI=1S/C13H27NO3S/c1-11(12-5-8-17-9-6-12)14-7-10-18(15,16)13(2,3)4/h11-12,14H,5-10H2,1-4H3. The minimum Gasteiger partial charge on any atom is -0.381 e. The fourth-order valence-electron chi connectivity index (χ4n) is 2.11. The van der Waals surface area contributed by atoms with Gasteiger partial charge in [-0.05, 0) is 46.5 Å². The Morgan fingerprint density at radius 1 is 1.28 bits per heavy atom. The van der Waals surface area contributed by atoms with Crippen molar-refractivity contribution in [3.8, 4) is 0 Å². The molecule has 0 spiro atoms. The van der Waals surface area contributed by atoms with Crippen molar-refractivity contribution in [2.24, 2.45) is 5.92 Å². The van der Waals surface area contributed by atoms with Crippen LogP contribution in [-0.2, 0) is 14.6 Å². The molecular formula is C13H27NO3S. The van der Waals surface area contributed by atoms with Gasteiger partial charge in [-0.3, -0.25) is 0 Å². The largest absolute Gasteiger partial charge is 0.381 e. The van der Waals surface area contributed by atoms with Crippen molar-refractivity contribution in [3.63, 3.8) is 0 Å². The van der Waals surface area contributed by atoms with E-state index in [1.165, 1.54) is 0 Å². The van der Waals surface area contributed by atoms with Crippen LogP contribution < -0.4 is 5.32 Å². The van der Waals surface area contributed by atoms with Crippen molar-refractivity contribution in [2.45, 2.75) is 51.3 Å². The highest BCUT2D eigenvalue weighted by Gasteiger charge is 2.28. The number of nitrogens with one attached hydrogen (secondary N) is 1. The lowest BCUT2D eigenvalue weighted by molar-refractivity contribution is 0.0562. The molecule has 0 saturated carbocycles. The summed E-state index contributed by atoms with van der Waals surface area (Å²) in [6, 6.07) is 0.365. The molecule has 1 atom stereocenters. The third-order valence-electron chi connectivity index (χ3n) is 3.74. The Kier molecular flexibility index (Phi) is 5.62. The fraction of sp³-hybridized carbons (Fsp3) is 1.00. The molecular weight excluding hydrogens is 250 g/mol. The van der Waals surface area contributed by atoms with Gasteiger partial charge < -0.3 is 10.1 Å². The molecule has 0 aliphatic carbocycles. The summed E-state index contributed by atoms with van der Waals surface area (Å²) in [5.41, 5.74) is 0. The van der Waals surface area contributed by atoms with Crippen molar-refractivity contribution in [1.29, 1.82) is 0 Å². The van der Waals surface area contributed by atoms with Crippen molar-refractivity contribution < 1.29 is 13.2 Å². The van der Waals surface area contributed by atoms with Gasteiger partial charge >= 0.3 is 0 Å². The van der Waals surface area contributed by atoms with Gasteiger partial charge in [0, 0.05) is 25.8 Å². The van der Waals surface area contributed by atoms with Crippen molar-refractivity contribution in [1.82, 2.24) is 5.32 Å². The van der Waals surface area contributed by atoms with E-state index in [-0.39, 0.29) is 5.75 Å².